The molecule has 0 unspecified atom stereocenters. The number of pyridine rings is 1. The summed E-state index contributed by atoms with van der Waals surface area (Å²) in [6.45, 7) is 0.595. The largest absolute Gasteiger partial charge is 0.497 e. The number of carbonyl (C=O) groups excluding carboxylic acids is 2. The first-order valence-corrected chi connectivity index (χ1v) is 11.0. The van der Waals surface area contributed by atoms with Crippen LogP contribution in [-0.4, -0.2) is 53.2 Å². The molecule has 1 aromatic heterocycles. The molecule has 2 amide bonds. The smallest absolute Gasteiger partial charge is 0.249 e. The minimum Gasteiger partial charge on any atom is -0.497 e. The highest BCUT2D eigenvalue weighted by Gasteiger charge is 2.34. The number of anilines is 1. The fourth-order valence-electron chi connectivity index (χ4n) is 3.90. The fraction of sp³-hybridized carbons (Fsp3) is 0.269. The molecule has 1 fully saturated rings. The number of morpholine rings is 1. The maximum Gasteiger partial charge on any atom is 0.249 e. The van der Waals surface area contributed by atoms with Crippen LogP contribution in [0.25, 0.3) is 0 Å². The van der Waals surface area contributed by atoms with Crippen LogP contribution >= 0.6 is 0 Å². The zero-order valence-corrected chi connectivity index (χ0v) is 18.9. The van der Waals surface area contributed by atoms with Crippen molar-refractivity contribution in [1.29, 1.82) is 0 Å². The van der Waals surface area contributed by atoms with Gasteiger partial charge in [-0.3, -0.25) is 14.6 Å². The van der Waals surface area contributed by atoms with Crippen molar-refractivity contribution in [1.82, 2.24) is 9.88 Å². The van der Waals surface area contributed by atoms with Crippen molar-refractivity contribution in [2.75, 3.05) is 25.6 Å². The second-order valence-corrected chi connectivity index (χ2v) is 8.10. The number of benzene rings is 2. The van der Waals surface area contributed by atoms with Crippen molar-refractivity contribution in [3.8, 4) is 5.75 Å². The number of aromatic nitrogens is 1. The molecule has 1 aliphatic rings. The van der Waals surface area contributed by atoms with Gasteiger partial charge in [0.1, 0.15) is 18.5 Å². The molecule has 0 aliphatic carbocycles. The monoisotopic (exact) mass is 461 g/mol. The van der Waals surface area contributed by atoms with Gasteiger partial charge >= 0.3 is 0 Å². The third-order valence-electron chi connectivity index (χ3n) is 5.76. The number of nitrogens with one attached hydrogen (secondary N) is 1. The predicted octanol–water partition coefficient (Wildman–Crippen LogP) is 2.73. The summed E-state index contributed by atoms with van der Waals surface area (Å²) < 4.78 is 10.6. The van der Waals surface area contributed by atoms with E-state index in [-0.39, 0.29) is 31.4 Å². The van der Waals surface area contributed by atoms with Crippen molar-refractivity contribution < 1.29 is 24.2 Å². The molecule has 2 N–H and O–H groups in total. The average molecular weight is 462 g/mol. The molecular weight excluding hydrogens is 434 g/mol. The third-order valence-corrected chi connectivity index (χ3v) is 5.76. The topological polar surface area (TPSA) is 101 Å². The Kier molecular flexibility index (Phi) is 7.51. The lowest BCUT2D eigenvalue weighted by Crippen LogP contribution is -2.51. The molecule has 0 bridgehead atoms. The average Bonchev–Trinajstić information content (AvgIpc) is 2.86. The molecule has 4 rings (SSSR count). The molecule has 0 radical (unpaired) electrons. The van der Waals surface area contributed by atoms with Gasteiger partial charge in [-0.25, -0.2) is 0 Å². The normalized spacial score (nSPS) is 16.7. The Labute approximate surface area is 198 Å². The zero-order valence-electron chi connectivity index (χ0n) is 18.9. The lowest BCUT2D eigenvalue weighted by atomic mass is 9.99. The number of carbonyl (C=O) groups is 2. The molecular formula is C26H27N3O5. The molecule has 8 heteroatoms. The lowest BCUT2D eigenvalue weighted by Gasteiger charge is -2.38. The Balaban J connectivity index is 1.39. The molecule has 3 aromatic rings. The SMILES string of the molecule is COc1ccc(CC(=O)Nc2ccc([C@@H](O)[C@H]3COCC(=O)N3Cc3ccncc3)cc2)cc1. The van der Waals surface area contributed by atoms with E-state index in [1.807, 2.05) is 36.4 Å². The lowest BCUT2D eigenvalue weighted by molar-refractivity contribution is -0.155. The van der Waals surface area contributed by atoms with Crippen molar-refractivity contribution >= 4 is 17.5 Å². The summed E-state index contributed by atoms with van der Waals surface area (Å²) in [6, 6.07) is 17.5. The van der Waals surface area contributed by atoms with Crippen LogP contribution < -0.4 is 10.1 Å². The first-order chi connectivity index (χ1) is 16.5. The summed E-state index contributed by atoms with van der Waals surface area (Å²) in [7, 11) is 1.60. The number of aliphatic hydroxyl groups is 1. The van der Waals surface area contributed by atoms with Crippen LogP contribution in [0, 0.1) is 0 Å². The second kappa shape index (κ2) is 10.9. The Morgan fingerprint density at radius 3 is 2.50 bits per heavy atom. The molecule has 2 aromatic carbocycles. The van der Waals surface area contributed by atoms with Gasteiger partial charge in [0, 0.05) is 24.6 Å². The number of aliphatic hydroxyl groups excluding tert-OH is 1. The first kappa shape index (κ1) is 23.4. The maximum atomic E-state index is 12.5. The van der Waals surface area contributed by atoms with Crippen LogP contribution in [0.15, 0.2) is 73.1 Å². The molecule has 0 saturated carbocycles. The number of amides is 2. The van der Waals surface area contributed by atoms with E-state index < -0.39 is 12.1 Å². The molecule has 1 saturated heterocycles. The Morgan fingerprint density at radius 2 is 1.82 bits per heavy atom. The molecule has 2 heterocycles. The first-order valence-electron chi connectivity index (χ1n) is 11.0. The van der Waals surface area contributed by atoms with Gasteiger partial charge in [-0.1, -0.05) is 24.3 Å². The van der Waals surface area contributed by atoms with Gasteiger partial charge in [0.2, 0.25) is 11.8 Å². The second-order valence-electron chi connectivity index (χ2n) is 8.10. The fourth-order valence-corrected chi connectivity index (χ4v) is 3.90. The van der Waals surface area contributed by atoms with E-state index in [1.54, 1.807) is 48.7 Å². The Morgan fingerprint density at radius 1 is 1.12 bits per heavy atom. The van der Waals surface area contributed by atoms with Crippen LogP contribution in [-0.2, 0) is 27.3 Å². The van der Waals surface area contributed by atoms with E-state index in [0.717, 1.165) is 16.9 Å². The zero-order chi connectivity index (χ0) is 23.9. The highest BCUT2D eigenvalue weighted by atomic mass is 16.5. The Hall–Kier alpha value is -3.75. The van der Waals surface area contributed by atoms with Crippen molar-refractivity contribution in [3.63, 3.8) is 0 Å². The van der Waals surface area contributed by atoms with Gasteiger partial charge in [0.05, 0.1) is 26.2 Å². The van der Waals surface area contributed by atoms with E-state index in [9.17, 15) is 14.7 Å². The molecule has 34 heavy (non-hydrogen) atoms. The van der Waals surface area contributed by atoms with E-state index in [0.29, 0.717) is 17.8 Å². The van der Waals surface area contributed by atoms with E-state index in [4.69, 9.17) is 9.47 Å². The van der Waals surface area contributed by atoms with E-state index in [2.05, 4.69) is 10.3 Å². The molecule has 1 aliphatic heterocycles. The molecule has 2 atom stereocenters. The summed E-state index contributed by atoms with van der Waals surface area (Å²) in [6.07, 6.45) is 2.65. The van der Waals surface area contributed by atoms with Gasteiger partial charge in [-0.2, -0.15) is 0 Å². The molecule has 176 valence electrons. The van der Waals surface area contributed by atoms with Crippen LogP contribution in [0.2, 0.25) is 0 Å². The highest BCUT2D eigenvalue weighted by Crippen LogP contribution is 2.26. The third kappa shape index (κ3) is 5.78. The van der Waals surface area contributed by atoms with Gasteiger partial charge in [0.15, 0.2) is 0 Å². The quantitative estimate of drug-likeness (QED) is 0.535. The summed E-state index contributed by atoms with van der Waals surface area (Å²) in [5.41, 5.74) is 3.06. The van der Waals surface area contributed by atoms with E-state index in [1.165, 1.54) is 0 Å². The number of nitrogens with zero attached hydrogens (tertiary/aromatic N) is 2. The van der Waals surface area contributed by atoms with Crippen molar-refractivity contribution in [3.05, 3.63) is 89.7 Å². The number of hydrogen-bond donors (Lipinski definition) is 2. The van der Waals surface area contributed by atoms with Crippen LogP contribution in [0.3, 0.4) is 0 Å². The van der Waals surface area contributed by atoms with Crippen molar-refractivity contribution in [2.24, 2.45) is 0 Å². The van der Waals surface area contributed by atoms with E-state index >= 15 is 0 Å². The van der Waals surface area contributed by atoms with Crippen molar-refractivity contribution in [2.45, 2.75) is 25.1 Å². The Bertz CT molecular complexity index is 1100. The minimum atomic E-state index is -0.935. The van der Waals surface area contributed by atoms with Gasteiger partial charge < -0.3 is 24.8 Å². The van der Waals surface area contributed by atoms with Gasteiger partial charge in [0.25, 0.3) is 0 Å². The number of methoxy groups -OCH3 is 1. The maximum absolute atomic E-state index is 12.5. The van der Waals surface area contributed by atoms with Crippen LogP contribution in [0.4, 0.5) is 5.69 Å². The highest BCUT2D eigenvalue weighted by molar-refractivity contribution is 5.92. The van der Waals surface area contributed by atoms with Gasteiger partial charge in [-0.15, -0.1) is 0 Å². The van der Waals surface area contributed by atoms with Gasteiger partial charge in [-0.05, 0) is 53.1 Å². The summed E-state index contributed by atoms with van der Waals surface area (Å²) in [4.78, 5) is 30.6. The number of ether oxygens (including phenoxy) is 2. The number of rotatable bonds is 8. The predicted molar refractivity (Wildman–Crippen MR) is 126 cm³/mol. The van der Waals surface area contributed by atoms with Crippen LogP contribution in [0.5, 0.6) is 5.75 Å². The summed E-state index contributed by atoms with van der Waals surface area (Å²) in [5, 5.41) is 13.9. The molecule has 8 nitrogen and oxygen atoms in total. The van der Waals surface area contributed by atoms with Crippen LogP contribution in [0.1, 0.15) is 22.8 Å². The summed E-state index contributed by atoms with van der Waals surface area (Å²) >= 11 is 0. The summed E-state index contributed by atoms with van der Waals surface area (Å²) in [5.74, 6) is 0.422. The molecule has 0 spiro atoms. The standard InChI is InChI=1S/C26H27N3O5/c1-33-22-8-2-18(3-9-22)14-24(30)28-21-6-4-20(5-7-21)26(32)23-16-34-17-25(31)29(23)15-19-10-12-27-13-11-19/h2-13,23,26,32H,14-17H2,1H3,(H,28,30)/t23-,26-/m1/s1. The minimum absolute atomic E-state index is 0.00648. The number of hydrogen-bond acceptors (Lipinski definition) is 6.